The zero-order chi connectivity index (χ0) is 19.9. The Labute approximate surface area is 158 Å². The molecule has 9 heteroatoms. The number of carboxylic acid groups (broad SMARTS) is 1. The van der Waals surface area contributed by atoms with E-state index in [9.17, 15) is 18.4 Å². The van der Waals surface area contributed by atoms with Crippen molar-refractivity contribution in [3.8, 4) is 5.69 Å². The van der Waals surface area contributed by atoms with Crippen LogP contribution in [-0.4, -0.2) is 55.4 Å². The SMILES string of the molecule is O=C(O)c1ccc(-n2ccc3nc(C(=O)N4CCC(F)(F)CC4)cnc32)cc1. The Morgan fingerprint density at radius 3 is 2.39 bits per heavy atom. The highest BCUT2D eigenvalue weighted by Crippen LogP contribution is 2.28. The lowest BCUT2D eigenvalue weighted by molar-refractivity contribution is -0.0495. The molecule has 3 heterocycles. The predicted octanol–water partition coefficient (Wildman–Crippen LogP) is 2.99. The van der Waals surface area contributed by atoms with Crippen molar-refractivity contribution in [3.05, 3.63) is 54.0 Å². The van der Waals surface area contributed by atoms with Crippen LogP contribution in [0.4, 0.5) is 8.78 Å². The lowest BCUT2D eigenvalue weighted by atomic mass is 10.1. The minimum atomic E-state index is -2.72. The smallest absolute Gasteiger partial charge is 0.335 e. The molecule has 1 amide bonds. The second-order valence-corrected chi connectivity index (χ2v) is 6.65. The number of aromatic carboxylic acids is 1. The van der Waals surface area contributed by atoms with Crippen LogP contribution < -0.4 is 0 Å². The molecule has 0 spiro atoms. The zero-order valence-electron chi connectivity index (χ0n) is 14.7. The number of alkyl halides is 2. The third kappa shape index (κ3) is 3.30. The Morgan fingerprint density at radius 1 is 1.07 bits per heavy atom. The normalized spacial score (nSPS) is 16.3. The van der Waals surface area contributed by atoms with Crippen LogP contribution in [-0.2, 0) is 0 Å². The van der Waals surface area contributed by atoms with Gasteiger partial charge in [0.1, 0.15) is 11.2 Å². The second-order valence-electron chi connectivity index (χ2n) is 6.65. The molecule has 1 aliphatic rings. The van der Waals surface area contributed by atoms with Gasteiger partial charge in [0.2, 0.25) is 0 Å². The van der Waals surface area contributed by atoms with Crippen LogP contribution in [0.1, 0.15) is 33.7 Å². The number of hydrogen-bond acceptors (Lipinski definition) is 4. The largest absolute Gasteiger partial charge is 0.478 e. The van der Waals surface area contributed by atoms with Gasteiger partial charge < -0.3 is 10.0 Å². The van der Waals surface area contributed by atoms with Gasteiger partial charge in [0.15, 0.2) is 5.65 Å². The summed E-state index contributed by atoms with van der Waals surface area (Å²) >= 11 is 0. The first-order valence-electron chi connectivity index (χ1n) is 8.69. The highest BCUT2D eigenvalue weighted by Gasteiger charge is 2.36. The first kappa shape index (κ1) is 18.0. The molecule has 28 heavy (non-hydrogen) atoms. The Bertz CT molecular complexity index is 1050. The van der Waals surface area contributed by atoms with Crippen molar-refractivity contribution in [1.29, 1.82) is 0 Å². The van der Waals surface area contributed by atoms with E-state index in [1.165, 1.54) is 23.2 Å². The van der Waals surface area contributed by atoms with Gasteiger partial charge in [-0.2, -0.15) is 0 Å². The number of carbonyl (C=O) groups is 2. The van der Waals surface area contributed by atoms with Gasteiger partial charge in [-0.05, 0) is 30.3 Å². The number of piperidine rings is 1. The first-order chi connectivity index (χ1) is 13.3. The van der Waals surface area contributed by atoms with Gasteiger partial charge in [0, 0.05) is 37.8 Å². The average Bonchev–Trinajstić information content (AvgIpc) is 3.10. The molecule has 7 nitrogen and oxygen atoms in total. The maximum Gasteiger partial charge on any atom is 0.335 e. The molecule has 0 atom stereocenters. The summed E-state index contributed by atoms with van der Waals surface area (Å²) in [5.41, 5.74) is 1.97. The third-order valence-electron chi connectivity index (χ3n) is 4.78. The lowest BCUT2D eigenvalue weighted by Crippen LogP contribution is -2.43. The number of likely N-dealkylation sites (tertiary alicyclic amines) is 1. The molecule has 0 bridgehead atoms. The van der Waals surface area contributed by atoms with E-state index in [2.05, 4.69) is 9.97 Å². The number of halogens is 2. The standard InChI is InChI=1S/C19H16F2N4O3/c20-19(21)6-9-24(10-7-19)17(26)15-11-22-16-14(23-15)5-8-25(16)13-3-1-12(2-4-13)18(27)28/h1-5,8,11H,6-7,9-10H2,(H,27,28). The van der Waals surface area contributed by atoms with E-state index in [1.807, 2.05) is 0 Å². The maximum atomic E-state index is 13.3. The fourth-order valence-electron chi connectivity index (χ4n) is 3.19. The minimum absolute atomic E-state index is 0.0114. The monoisotopic (exact) mass is 386 g/mol. The van der Waals surface area contributed by atoms with E-state index in [1.54, 1.807) is 29.0 Å². The third-order valence-corrected chi connectivity index (χ3v) is 4.78. The van der Waals surface area contributed by atoms with Crippen LogP contribution in [0.25, 0.3) is 16.9 Å². The lowest BCUT2D eigenvalue weighted by Gasteiger charge is -2.31. The first-order valence-corrected chi connectivity index (χ1v) is 8.69. The quantitative estimate of drug-likeness (QED) is 0.748. The van der Waals surface area contributed by atoms with Gasteiger partial charge in [-0.3, -0.25) is 9.36 Å². The van der Waals surface area contributed by atoms with E-state index >= 15 is 0 Å². The molecule has 1 aromatic carbocycles. The van der Waals surface area contributed by atoms with Crippen LogP contribution in [0, 0.1) is 0 Å². The summed E-state index contributed by atoms with van der Waals surface area (Å²) in [7, 11) is 0. The highest BCUT2D eigenvalue weighted by molar-refractivity contribution is 5.94. The van der Waals surface area contributed by atoms with Gasteiger partial charge in [-0.1, -0.05) is 0 Å². The summed E-state index contributed by atoms with van der Waals surface area (Å²) in [5, 5.41) is 8.99. The number of fused-ring (bicyclic) bond motifs is 1. The zero-order valence-corrected chi connectivity index (χ0v) is 14.7. The number of amides is 1. The van der Waals surface area contributed by atoms with E-state index in [0.29, 0.717) is 16.9 Å². The Hall–Kier alpha value is -3.36. The molecule has 0 aliphatic carbocycles. The van der Waals surface area contributed by atoms with Crippen LogP contribution in [0.5, 0.6) is 0 Å². The summed E-state index contributed by atoms with van der Waals surface area (Å²) < 4.78 is 28.3. The number of carboxylic acids is 1. The van der Waals surface area contributed by atoms with Gasteiger partial charge in [-0.15, -0.1) is 0 Å². The fraction of sp³-hybridized carbons (Fsp3) is 0.263. The Morgan fingerprint density at radius 2 is 1.75 bits per heavy atom. The molecule has 0 unspecified atom stereocenters. The molecule has 1 fully saturated rings. The van der Waals surface area contributed by atoms with Gasteiger partial charge >= 0.3 is 5.97 Å². The van der Waals surface area contributed by atoms with Crippen LogP contribution in [0.2, 0.25) is 0 Å². The number of benzene rings is 1. The molecule has 4 rings (SSSR count). The van der Waals surface area contributed by atoms with Crippen molar-refractivity contribution in [2.45, 2.75) is 18.8 Å². The van der Waals surface area contributed by atoms with Crippen LogP contribution in [0.3, 0.4) is 0 Å². The summed E-state index contributed by atoms with van der Waals surface area (Å²) in [6.07, 6.45) is 2.35. The molecule has 144 valence electrons. The second kappa shape index (κ2) is 6.66. The van der Waals surface area contributed by atoms with Gasteiger partial charge in [0.05, 0.1) is 11.8 Å². The number of hydrogen-bond donors (Lipinski definition) is 1. The summed E-state index contributed by atoms with van der Waals surface area (Å²) in [6.45, 7) is -0.0228. The Balaban J connectivity index is 1.59. The highest BCUT2D eigenvalue weighted by atomic mass is 19.3. The molecule has 2 aromatic heterocycles. The van der Waals surface area contributed by atoms with E-state index < -0.39 is 17.8 Å². The Kier molecular flexibility index (Phi) is 4.29. The summed E-state index contributed by atoms with van der Waals surface area (Å²) in [6, 6.07) is 7.96. The van der Waals surface area contributed by atoms with E-state index in [-0.39, 0.29) is 37.2 Å². The molecule has 3 aromatic rings. The molecule has 1 N–H and O–H groups in total. The maximum absolute atomic E-state index is 13.3. The van der Waals surface area contributed by atoms with Crippen LogP contribution in [0.15, 0.2) is 42.7 Å². The number of carbonyl (C=O) groups excluding carboxylic acids is 1. The molecule has 1 aliphatic heterocycles. The van der Waals surface area contributed by atoms with Gasteiger partial charge in [0.25, 0.3) is 11.8 Å². The molecular weight excluding hydrogens is 370 g/mol. The van der Waals surface area contributed by atoms with Crippen LogP contribution >= 0.6 is 0 Å². The molecule has 0 radical (unpaired) electrons. The van der Waals surface area contributed by atoms with Crippen molar-refractivity contribution >= 4 is 23.0 Å². The van der Waals surface area contributed by atoms with Gasteiger partial charge in [-0.25, -0.2) is 23.5 Å². The minimum Gasteiger partial charge on any atom is -0.478 e. The molecule has 0 saturated carbocycles. The summed E-state index contributed by atoms with van der Waals surface area (Å²) in [4.78, 5) is 33.5. The van der Waals surface area contributed by atoms with Crippen molar-refractivity contribution in [2.75, 3.05) is 13.1 Å². The van der Waals surface area contributed by atoms with Crippen molar-refractivity contribution < 1.29 is 23.5 Å². The fourth-order valence-corrected chi connectivity index (χ4v) is 3.19. The molecular formula is C19H16F2N4O3. The topological polar surface area (TPSA) is 88.3 Å². The van der Waals surface area contributed by atoms with E-state index in [4.69, 9.17) is 5.11 Å². The average molecular weight is 386 g/mol. The van der Waals surface area contributed by atoms with E-state index in [0.717, 1.165) is 0 Å². The predicted molar refractivity (Wildman–Crippen MR) is 95.9 cm³/mol. The van der Waals surface area contributed by atoms with Crippen molar-refractivity contribution in [3.63, 3.8) is 0 Å². The summed E-state index contributed by atoms with van der Waals surface area (Å²) in [5.74, 6) is -4.15. The van der Waals surface area contributed by atoms with Crippen molar-refractivity contribution in [2.24, 2.45) is 0 Å². The number of aromatic nitrogens is 3. The number of nitrogens with zero attached hydrogens (tertiary/aromatic N) is 4. The molecule has 1 saturated heterocycles. The van der Waals surface area contributed by atoms with Crippen molar-refractivity contribution in [1.82, 2.24) is 19.4 Å². The number of rotatable bonds is 3.